The summed E-state index contributed by atoms with van der Waals surface area (Å²) in [6.07, 6.45) is -4.99. The van der Waals surface area contributed by atoms with Crippen LogP contribution in [0.25, 0.3) is 0 Å². The fourth-order valence-electron chi connectivity index (χ4n) is 2.20. The monoisotopic (exact) mass is 386 g/mol. The summed E-state index contributed by atoms with van der Waals surface area (Å²) in [6, 6.07) is 13.0. The highest BCUT2D eigenvalue weighted by Crippen LogP contribution is 2.33. The number of rotatable bonds is 7. The molecule has 0 aliphatic heterocycles. The number of benzene rings is 2. The van der Waals surface area contributed by atoms with Gasteiger partial charge < -0.3 is 5.32 Å². The van der Waals surface area contributed by atoms with E-state index in [2.05, 4.69) is 5.32 Å². The molecule has 0 aliphatic carbocycles. The van der Waals surface area contributed by atoms with Crippen molar-refractivity contribution in [3.63, 3.8) is 0 Å². The minimum Gasteiger partial charge on any atom is -0.352 e. The Labute approximate surface area is 149 Å². The highest BCUT2D eigenvalue weighted by atomic mass is 32.2. The third kappa shape index (κ3) is 5.57. The lowest BCUT2D eigenvalue weighted by atomic mass is 10.2. The normalized spacial score (nSPS) is 12.0. The lowest BCUT2D eigenvalue weighted by Gasteiger charge is -2.13. The molecule has 0 fully saturated rings. The molecule has 1 amide bonds. The summed E-state index contributed by atoms with van der Waals surface area (Å²) in [7, 11) is -4.39. The Kier molecular flexibility index (Phi) is 6.38. The second kappa shape index (κ2) is 8.33. The van der Waals surface area contributed by atoms with E-state index in [1.807, 2.05) is 35.1 Å². The molecule has 140 valence electrons. The maximum atomic E-state index is 12.9. The Morgan fingerprint density at radius 1 is 0.962 bits per heavy atom. The highest BCUT2D eigenvalue weighted by molar-refractivity contribution is 7.89. The summed E-state index contributed by atoms with van der Waals surface area (Å²) in [4.78, 5) is 10.9. The third-order valence-electron chi connectivity index (χ3n) is 3.46. The molecule has 0 radical (unpaired) electrons. The first-order valence-corrected chi connectivity index (χ1v) is 9.15. The Morgan fingerprint density at radius 2 is 1.58 bits per heavy atom. The van der Waals surface area contributed by atoms with Gasteiger partial charge in [-0.1, -0.05) is 42.5 Å². The molecule has 0 unspecified atom stereocenters. The van der Waals surface area contributed by atoms with E-state index in [4.69, 9.17) is 0 Å². The summed E-state index contributed by atoms with van der Waals surface area (Å²) in [5.74, 6) is -0.416. The van der Waals surface area contributed by atoms with Gasteiger partial charge in [0.1, 0.15) is 0 Å². The number of hydrogen-bond donors (Lipinski definition) is 2. The first-order chi connectivity index (χ1) is 12.2. The van der Waals surface area contributed by atoms with E-state index in [1.54, 1.807) is 0 Å². The quantitative estimate of drug-likeness (QED) is 0.768. The Hall–Kier alpha value is -2.39. The van der Waals surface area contributed by atoms with Crippen LogP contribution in [0.2, 0.25) is 0 Å². The molecule has 9 heteroatoms. The second-order valence-corrected chi connectivity index (χ2v) is 7.14. The van der Waals surface area contributed by atoms with Crippen LogP contribution in [-0.2, 0) is 27.5 Å². The predicted molar refractivity (Wildman–Crippen MR) is 89.5 cm³/mol. The number of sulfonamides is 1. The van der Waals surface area contributed by atoms with Gasteiger partial charge in [0.15, 0.2) is 0 Å². The van der Waals surface area contributed by atoms with Crippen molar-refractivity contribution in [3.8, 4) is 0 Å². The molecule has 2 aromatic rings. The van der Waals surface area contributed by atoms with Crippen LogP contribution in [0.5, 0.6) is 0 Å². The first-order valence-electron chi connectivity index (χ1n) is 7.66. The van der Waals surface area contributed by atoms with Crippen molar-refractivity contribution >= 4 is 15.9 Å². The van der Waals surface area contributed by atoms with Crippen LogP contribution in [-0.4, -0.2) is 20.9 Å². The number of amides is 1. The number of hydrogen-bond acceptors (Lipinski definition) is 3. The highest BCUT2D eigenvalue weighted by Gasteiger charge is 2.36. The number of halogens is 3. The molecule has 26 heavy (non-hydrogen) atoms. The zero-order valence-electron chi connectivity index (χ0n) is 13.6. The molecule has 2 aromatic carbocycles. The Bertz CT molecular complexity index is 853. The summed E-state index contributed by atoms with van der Waals surface area (Å²) < 4.78 is 65.1. The molecule has 5 nitrogen and oxygen atoms in total. The van der Waals surface area contributed by atoms with Gasteiger partial charge in [-0.2, -0.15) is 13.2 Å². The van der Waals surface area contributed by atoms with Crippen molar-refractivity contribution in [2.75, 3.05) is 6.54 Å². The lowest BCUT2D eigenvalue weighted by molar-refractivity contribution is -0.139. The second-order valence-electron chi connectivity index (χ2n) is 5.40. The molecule has 2 N–H and O–H groups in total. The van der Waals surface area contributed by atoms with Crippen LogP contribution in [0.3, 0.4) is 0 Å². The van der Waals surface area contributed by atoms with Gasteiger partial charge in [0.25, 0.3) is 0 Å². The molecule has 0 saturated heterocycles. The fourth-order valence-corrected chi connectivity index (χ4v) is 3.45. The molecular formula is C17H17F3N2O3S. The van der Waals surface area contributed by atoms with Crippen molar-refractivity contribution in [1.29, 1.82) is 0 Å². The summed E-state index contributed by atoms with van der Waals surface area (Å²) >= 11 is 0. The number of carbonyl (C=O) groups is 1. The minimum atomic E-state index is -4.79. The Balaban J connectivity index is 1.92. The maximum Gasteiger partial charge on any atom is 0.417 e. The van der Waals surface area contributed by atoms with Crippen molar-refractivity contribution in [1.82, 2.24) is 10.0 Å². The SMILES string of the molecule is O=C(CCNS(=O)(=O)c1ccccc1C(F)(F)F)NCc1ccccc1. The van der Waals surface area contributed by atoms with Crippen LogP contribution < -0.4 is 10.0 Å². The van der Waals surface area contributed by atoms with Crippen molar-refractivity contribution in [2.24, 2.45) is 0 Å². The fraction of sp³-hybridized carbons (Fsp3) is 0.235. The summed E-state index contributed by atoms with van der Waals surface area (Å²) in [6.45, 7) is -0.0293. The molecule has 0 aromatic heterocycles. The Morgan fingerprint density at radius 3 is 2.23 bits per heavy atom. The van der Waals surface area contributed by atoms with E-state index in [0.717, 1.165) is 17.7 Å². The molecule has 0 atom stereocenters. The van der Waals surface area contributed by atoms with Crippen LogP contribution in [0.4, 0.5) is 13.2 Å². The molecule has 0 saturated carbocycles. The van der Waals surface area contributed by atoms with E-state index >= 15 is 0 Å². The average molecular weight is 386 g/mol. The van der Waals surface area contributed by atoms with Crippen LogP contribution in [0.1, 0.15) is 17.5 Å². The lowest BCUT2D eigenvalue weighted by Crippen LogP contribution is -2.31. The topological polar surface area (TPSA) is 75.3 Å². The molecule has 0 aliphatic rings. The summed E-state index contributed by atoms with van der Waals surface area (Å²) in [5.41, 5.74) is -0.374. The van der Waals surface area contributed by atoms with E-state index in [-0.39, 0.29) is 19.5 Å². The van der Waals surface area contributed by atoms with Crippen LogP contribution >= 0.6 is 0 Å². The van der Waals surface area contributed by atoms with Gasteiger partial charge in [-0.3, -0.25) is 4.79 Å². The number of carbonyl (C=O) groups excluding carboxylic acids is 1. The van der Waals surface area contributed by atoms with Crippen molar-refractivity contribution < 1.29 is 26.4 Å². The third-order valence-corrected chi connectivity index (χ3v) is 4.98. The predicted octanol–water partition coefficient (Wildman–Crippen LogP) is 2.69. The molecule has 0 heterocycles. The van der Waals surface area contributed by atoms with Gasteiger partial charge in [-0.15, -0.1) is 0 Å². The van der Waals surface area contributed by atoms with Gasteiger partial charge in [0.2, 0.25) is 15.9 Å². The first kappa shape index (κ1) is 19.9. The maximum absolute atomic E-state index is 12.9. The number of alkyl halides is 3. The van der Waals surface area contributed by atoms with E-state index in [1.165, 1.54) is 6.07 Å². The van der Waals surface area contributed by atoms with Gasteiger partial charge >= 0.3 is 6.18 Å². The van der Waals surface area contributed by atoms with E-state index < -0.39 is 32.6 Å². The smallest absolute Gasteiger partial charge is 0.352 e. The van der Waals surface area contributed by atoms with Crippen molar-refractivity contribution in [3.05, 3.63) is 65.7 Å². The molecule has 0 spiro atoms. The molecular weight excluding hydrogens is 369 g/mol. The van der Waals surface area contributed by atoms with Crippen LogP contribution in [0.15, 0.2) is 59.5 Å². The minimum absolute atomic E-state index is 0.194. The zero-order valence-corrected chi connectivity index (χ0v) is 14.4. The summed E-state index contributed by atoms with van der Waals surface area (Å²) in [5, 5.41) is 2.61. The zero-order chi connectivity index (χ0) is 19.2. The standard InChI is InChI=1S/C17H17F3N2O3S/c18-17(19,20)14-8-4-5-9-15(14)26(24,25)22-11-10-16(23)21-12-13-6-2-1-3-7-13/h1-9,22H,10-12H2,(H,21,23). The largest absolute Gasteiger partial charge is 0.417 e. The van der Waals surface area contributed by atoms with Gasteiger partial charge in [-0.05, 0) is 17.7 Å². The number of nitrogens with one attached hydrogen (secondary N) is 2. The molecule has 2 rings (SSSR count). The van der Waals surface area contributed by atoms with E-state index in [9.17, 15) is 26.4 Å². The average Bonchev–Trinajstić information content (AvgIpc) is 2.60. The van der Waals surface area contributed by atoms with Crippen molar-refractivity contribution in [2.45, 2.75) is 24.0 Å². The van der Waals surface area contributed by atoms with Crippen LogP contribution in [0, 0.1) is 0 Å². The van der Waals surface area contributed by atoms with Gasteiger partial charge in [0, 0.05) is 19.5 Å². The van der Waals surface area contributed by atoms with E-state index in [0.29, 0.717) is 6.07 Å². The van der Waals surface area contributed by atoms with Gasteiger partial charge in [0.05, 0.1) is 10.5 Å². The van der Waals surface area contributed by atoms with Gasteiger partial charge in [-0.25, -0.2) is 13.1 Å². The molecule has 0 bridgehead atoms.